The Balaban J connectivity index is 0.00000361. The van der Waals surface area contributed by atoms with Crippen LogP contribution in [0.2, 0.25) is 0 Å². The third-order valence-corrected chi connectivity index (χ3v) is 2.25. The smallest absolute Gasteiger partial charge is 0.308 e. The molecule has 1 aromatic carbocycles. The fourth-order valence-electron chi connectivity index (χ4n) is 1.52. The average Bonchev–Trinajstić information content (AvgIpc) is 2.31. The number of nitrogens with two attached hydrogens (primary N) is 1. The summed E-state index contributed by atoms with van der Waals surface area (Å²) < 4.78 is 9.92. The molecule has 3 N–H and O–H groups in total. The molecule has 0 saturated carbocycles. The van der Waals surface area contributed by atoms with Crippen LogP contribution in [0.3, 0.4) is 0 Å². The fraction of sp³-hybridized carbons (Fsp3) is 0.385. The maximum absolute atomic E-state index is 11.0. The van der Waals surface area contributed by atoms with E-state index in [2.05, 4.69) is 0 Å². The third-order valence-electron chi connectivity index (χ3n) is 2.25. The first-order valence-electron chi connectivity index (χ1n) is 5.78. The van der Waals surface area contributed by atoms with E-state index in [0.717, 1.165) is 5.56 Å². The molecule has 0 fully saturated rings. The van der Waals surface area contributed by atoms with Crippen LogP contribution in [-0.4, -0.2) is 29.7 Å². The maximum atomic E-state index is 11.0. The number of carbonyl (C=O) groups excluding carboxylic acids is 2. The van der Waals surface area contributed by atoms with Gasteiger partial charge in [0.05, 0.1) is 6.61 Å². The van der Waals surface area contributed by atoms with Crippen molar-refractivity contribution >= 4 is 24.3 Å². The van der Waals surface area contributed by atoms with Gasteiger partial charge in [0, 0.05) is 19.9 Å². The molecule has 0 aliphatic heterocycles. The van der Waals surface area contributed by atoms with Gasteiger partial charge in [-0.25, -0.2) is 0 Å². The van der Waals surface area contributed by atoms with Crippen molar-refractivity contribution in [3.63, 3.8) is 0 Å². The first-order valence-corrected chi connectivity index (χ1v) is 5.78. The van der Waals surface area contributed by atoms with Crippen molar-refractivity contribution in [3.8, 4) is 11.5 Å². The van der Waals surface area contributed by atoms with Crippen molar-refractivity contribution in [2.24, 2.45) is 5.73 Å². The molecule has 0 heterocycles. The molecule has 1 atom stereocenters. The van der Waals surface area contributed by atoms with Crippen LogP contribution >= 0.6 is 12.4 Å². The summed E-state index contributed by atoms with van der Waals surface area (Å²) in [5.41, 5.74) is 6.40. The van der Waals surface area contributed by atoms with Crippen molar-refractivity contribution in [3.05, 3.63) is 23.8 Å². The molecule has 0 saturated heterocycles. The highest BCUT2D eigenvalue weighted by molar-refractivity contribution is 5.85. The Labute approximate surface area is 123 Å². The van der Waals surface area contributed by atoms with Crippen molar-refractivity contribution < 1.29 is 24.2 Å². The maximum Gasteiger partial charge on any atom is 0.308 e. The topological polar surface area (TPSA) is 98.8 Å². The van der Waals surface area contributed by atoms with E-state index in [4.69, 9.17) is 20.3 Å². The molecule has 20 heavy (non-hydrogen) atoms. The number of esters is 2. The number of hydrogen-bond acceptors (Lipinski definition) is 6. The van der Waals surface area contributed by atoms with Crippen molar-refractivity contribution in [1.82, 2.24) is 0 Å². The van der Waals surface area contributed by atoms with Gasteiger partial charge in [-0.1, -0.05) is 6.07 Å². The van der Waals surface area contributed by atoms with E-state index in [-0.39, 0.29) is 30.5 Å². The predicted octanol–water partition coefficient (Wildman–Crippen LogP) is 0.821. The van der Waals surface area contributed by atoms with Crippen LogP contribution < -0.4 is 15.2 Å². The van der Waals surface area contributed by atoms with Gasteiger partial charge in [0.1, 0.15) is 0 Å². The zero-order valence-corrected chi connectivity index (χ0v) is 12.1. The normalized spacial score (nSPS) is 11.2. The van der Waals surface area contributed by atoms with Crippen LogP contribution in [0.5, 0.6) is 11.5 Å². The molecule has 1 rings (SSSR count). The zero-order chi connectivity index (χ0) is 14.4. The highest BCUT2D eigenvalue weighted by Gasteiger charge is 2.12. The summed E-state index contributed by atoms with van der Waals surface area (Å²) in [4.78, 5) is 22.0. The van der Waals surface area contributed by atoms with E-state index in [9.17, 15) is 9.59 Å². The standard InChI is InChI=1S/C13H17NO5.ClH/c1-8(16)18-12-4-3-10(5-11(14)7-15)6-13(12)19-9(2)17;/h3-4,6,11,15H,5,7,14H2,1-2H3;1H. The number of halogens is 1. The van der Waals surface area contributed by atoms with Gasteiger partial charge in [-0.2, -0.15) is 0 Å². The summed E-state index contributed by atoms with van der Waals surface area (Å²) in [7, 11) is 0. The SMILES string of the molecule is CC(=O)Oc1ccc(CC(N)CO)cc1OC(C)=O.Cl. The van der Waals surface area contributed by atoms with Gasteiger partial charge < -0.3 is 20.3 Å². The number of benzene rings is 1. The molecule has 0 bridgehead atoms. The lowest BCUT2D eigenvalue weighted by Gasteiger charge is -2.12. The molecule has 0 spiro atoms. The van der Waals surface area contributed by atoms with E-state index < -0.39 is 18.0 Å². The summed E-state index contributed by atoms with van der Waals surface area (Å²) in [5.74, 6) is -0.695. The summed E-state index contributed by atoms with van der Waals surface area (Å²) in [6.45, 7) is 2.37. The van der Waals surface area contributed by atoms with Gasteiger partial charge >= 0.3 is 11.9 Å². The Morgan fingerprint density at radius 3 is 2.25 bits per heavy atom. The third kappa shape index (κ3) is 6.01. The lowest BCUT2D eigenvalue weighted by atomic mass is 10.1. The summed E-state index contributed by atoms with van der Waals surface area (Å²) >= 11 is 0. The minimum Gasteiger partial charge on any atom is -0.423 e. The van der Waals surface area contributed by atoms with Gasteiger partial charge in [0.25, 0.3) is 0 Å². The molecular formula is C13H18ClNO5. The number of aliphatic hydroxyl groups excluding tert-OH is 1. The summed E-state index contributed by atoms with van der Waals surface area (Å²) in [6, 6.07) is 4.39. The van der Waals surface area contributed by atoms with Gasteiger partial charge in [0.15, 0.2) is 11.5 Å². The number of hydrogen-bond donors (Lipinski definition) is 2. The highest BCUT2D eigenvalue weighted by Crippen LogP contribution is 2.29. The molecule has 0 aliphatic carbocycles. The quantitative estimate of drug-likeness (QED) is 0.617. The largest absolute Gasteiger partial charge is 0.423 e. The highest BCUT2D eigenvalue weighted by atomic mass is 35.5. The Hall–Kier alpha value is -1.63. The van der Waals surface area contributed by atoms with E-state index in [1.54, 1.807) is 12.1 Å². The lowest BCUT2D eigenvalue weighted by Crippen LogP contribution is -2.26. The van der Waals surface area contributed by atoms with Crippen LogP contribution in [0.15, 0.2) is 18.2 Å². The fourth-order valence-corrected chi connectivity index (χ4v) is 1.52. The monoisotopic (exact) mass is 303 g/mol. The van der Waals surface area contributed by atoms with Gasteiger partial charge in [0.2, 0.25) is 0 Å². The van der Waals surface area contributed by atoms with Crippen molar-refractivity contribution in [1.29, 1.82) is 0 Å². The van der Waals surface area contributed by atoms with Crippen LogP contribution in [0, 0.1) is 0 Å². The molecule has 1 aromatic rings. The second-order valence-electron chi connectivity index (χ2n) is 4.12. The summed E-state index contributed by atoms with van der Waals surface area (Å²) in [5, 5.41) is 8.90. The van der Waals surface area contributed by atoms with Crippen molar-refractivity contribution in [2.45, 2.75) is 26.3 Å². The number of rotatable bonds is 5. The predicted molar refractivity (Wildman–Crippen MR) is 75.1 cm³/mol. The van der Waals surface area contributed by atoms with Crippen LogP contribution in [0.4, 0.5) is 0 Å². The lowest BCUT2D eigenvalue weighted by molar-refractivity contribution is -0.134. The number of aliphatic hydroxyl groups is 1. The van der Waals surface area contributed by atoms with Crippen LogP contribution in [0.1, 0.15) is 19.4 Å². The molecule has 0 aromatic heterocycles. The van der Waals surface area contributed by atoms with E-state index >= 15 is 0 Å². The first-order chi connectivity index (χ1) is 8.92. The second-order valence-corrected chi connectivity index (χ2v) is 4.12. The molecule has 0 amide bonds. The van der Waals surface area contributed by atoms with Crippen LogP contribution in [-0.2, 0) is 16.0 Å². The van der Waals surface area contributed by atoms with Crippen molar-refractivity contribution in [2.75, 3.05) is 6.61 Å². The van der Waals surface area contributed by atoms with E-state index in [1.807, 2.05) is 0 Å². The molecule has 0 aliphatic rings. The first kappa shape index (κ1) is 18.4. The Bertz CT molecular complexity index is 478. The minimum atomic E-state index is -0.517. The Morgan fingerprint density at radius 1 is 1.20 bits per heavy atom. The number of ether oxygens (including phenoxy) is 2. The molecular weight excluding hydrogens is 286 g/mol. The second kappa shape index (κ2) is 8.52. The molecule has 0 radical (unpaired) electrons. The van der Waals surface area contributed by atoms with Gasteiger partial charge in [-0.3, -0.25) is 9.59 Å². The summed E-state index contributed by atoms with van der Waals surface area (Å²) in [6.07, 6.45) is 0.422. The van der Waals surface area contributed by atoms with Gasteiger partial charge in [-0.15, -0.1) is 12.4 Å². The number of carbonyl (C=O) groups is 2. The molecule has 7 heteroatoms. The Morgan fingerprint density at radius 2 is 1.75 bits per heavy atom. The van der Waals surface area contributed by atoms with E-state index in [0.29, 0.717) is 6.42 Å². The minimum absolute atomic E-state index is 0. The van der Waals surface area contributed by atoms with Crippen LogP contribution in [0.25, 0.3) is 0 Å². The average molecular weight is 304 g/mol. The Kier molecular flexibility index (Phi) is 7.83. The van der Waals surface area contributed by atoms with Gasteiger partial charge in [-0.05, 0) is 24.1 Å². The molecule has 6 nitrogen and oxygen atoms in total. The van der Waals surface area contributed by atoms with E-state index in [1.165, 1.54) is 19.9 Å². The molecule has 1 unspecified atom stereocenters. The molecule has 112 valence electrons. The zero-order valence-electron chi connectivity index (χ0n) is 11.3.